The third-order valence-electron chi connectivity index (χ3n) is 15.0. The summed E-state index contributed by atoms with van der Waals surface area (Å²) in [5, 5.41) is 27.9. The molecule has 4 saturated carbocycles. The quantitative estimate of drug-likeness (QED) is 0.114. The van der Waals surface area contributed by atoms with Crippen molar-refractivity contribution in [2.24, 2.45) is 57.2 Å². The number of unbranched alkanes of at least 4 members (excludes halogenated alkanes) is 5. The van der Waals surface area contributed by atoms with Crippen molar-refractivity contribution in [2.45, 2.75) is 195 Å². The van der Waals surface area contributed by atoms with Crippen LogP contribution in [0.25, 0.3) is 0 Å². The molecule has 6 nitrogen and oxygen atoms in total. The summed E-state index contributed by atoms with van der Waals surface area (Å²) in [4.78, 5) is 0. The van der Waals surface area contributed by atoms with Gasteiger partial charge in [0.2, 0.25) is 0 Å². The zero-order valence-corrected chi connectivity index (χ0v) is 33.8. The monoisotopic (exact) mass is 701 g/mol. The van der Waals surface area contributed by atoms with Gasteiger partial charge in [0.15, 0.2) is 0 Å². The van der Waals surface area contributed by atoms with E-state index in [9.17, 15) is 10.2 Å². The molecule has 4 N–H and O–H groups in total. The summed E-state index contributed by atoms with van der Waals surface area (Å²) in [6.45, 7) is 22.1. The molecule has 290 valence electrons. The largest absolute Gasteiger partial charge is 0.396 e. The van der Waals surface area contributed by atoms with Gasteiger partial charge in [0.1, 0.15) is 0 Å². The van der Waals surface area contributed by atoms with Crippen molar-refractivity contribution in [2.75, 3.05) is 26.3 Å². The molecule has 6 rings (SSSR count). The fourth-order valence-corrected chi connectivity index (χ4v) is 13.2. The molecular formula is C44H80N2O4. The predicted molar refractivity (Wildman–Crippen MR) is 205 cm³/mol. The number of fused-ring (bicyclic) bond motifs is 6. The topological polar surface area (TPSA) is 83.0 Å². The molecule has 6 fully saturated rings. The highest BCUT2D eigenvalue weighted by Gasteiger charge is 2.59. The summed E-state index contributed by atoms with van der Waals surface area (Å²) in [5.41, 5.74) is 1.56. The molecule has 12 atom stereocenters. The van der Waals surface area contributed by atoms with Gasteiger partial charge in [-0.2, -0.15) is 0 Å². The Hall–Kier alpha value is -0.240. The normalized spacial score (nSPS) is 40.2. The first-order valence-electron chi connectivity index (χ1n) is 21.6. The van der Waals surface area contributed by atoms with Crippen molar-refractivity contribution in [3.63, 3.8) is 0 Å². The molecule has 6 aliphatic rings. The average Bonchev–Trinajstić information content (AvgIpc) is 3.72. The maximum absolute atomic E-state index is 10.1. The van der Waals surface area contributed by atoms with E-state index < -0.39 is 0 Å². The van der Waals surface area contributed by atoms with Crippen LogP contribution in [0, 0.1) is 57.2 Å². The number of hydrogen-bond acceptors (Lipinski definition) is 6. The zero-order valence-electron chi connectivity index (χ0n) is 33.8. The van der Waals surface area contributed by atoms with Gasteiger partial charge in [0.05, 0.1) is 24.4 Å². The Morgan fingerprint density at radius 3 is 1.16 bits per heavy atom. The molecule has 0 aromatic carbocycles. The van der Waals surface area contributed by atoms with E-state index in [-0.39, 0.29) is 37.5 Å². The smallest absolute Gasteiger partial charge is 0.0763 e. The minimum Gasteiger partial charge on any atom is -0.396 e. The number of aliphatic hydroxyl groups is 2. The maximum atomic E-state index is 10.1. The van der Waals surface area contributed by atoms with Crippen molar-refractivity contribution >= 4 is 0 Å². The summed E-state index contributed by atoms with van der Waals surface area (Å²) in [6.07, 6.45) is 20.5. The molecule has 50 heavy (non-hydrogen) atoms. The van der Waals surface area contributed by atoms with Gasteiger partial charge in [-0.3, -0.25) is 0 Å². The zero-order chi connectivity index (χ0) is 35.9. The highest BCUT2D eigenvalue weighted by molar-refractivity contribution is 5.08. The molecule has 2 aliphatic heterocycles. The highest BCUT2D eigenvalue weighted by atomic mass is 16.5. The van der Waals surface area contributed by atoms with Gasteiger partial charge in [-0.15, -0.1) is 0 Å². The lowest BCUT2D eigenvalue weighted by Gasteiger charge is -2.45. The van der Waals surface area contributed by atoms with Crippen LogP contribution in [0.3, 0.4) is 0 Å². The highest BCUT2D eigenvalue weighted by Crippen LogP contribution is 2.61. The van der Waals surface area contributed by atoms with Gasteiger partial charge in [-0.25, -0.2) is 0 Å². The van der Waals surface area contributed by atoms with E-state index in [0.717, 1.165) is 49.6 Å². The summed E-state index contributed by atoms with van der Waals surface area (Å²) >= 11 is 0. The van der Waals surface area contributed by atoms with Crippen molar-refractivity contribution in [3.8, 4) is 0 Å². The lowest BCUT2D eigenvalue weighted by atomic mass is 9.74. The molecule has 2 saturated heterocycles. The lowest BCUT2D eigenvalue weighted by Crippen LogP contribution is -2.53. The fourth-order valence-electron chi connectivity index (χ4n) is 13.2. The number of aliphatic hydroxyl groups excluding tert-OH is 2. The van der Waals surface area contributed by atoms with Crippen LogP contribution in [0.1, 0.15) is 158 Å². The Morgan fingerprint density at radius 1 is 0.460 bits per heavy atom. The molecule has 0 aromatic heterocycles. The number of hydrogen-bond donors (Lipinski definition) is 4. The second kappa shape index (κ2) is 15.9. The molecule has 0 unspecified atom stereocenters. The van der Waals surface area contributed by atoms with E-state index in [1.165, 1.54) is 89.9 Å². The second-order valence-corrected chi connectivity index (χ2v) is 21.8. The van der Waals surface area contributed by atoms with Gasteiger partial charge >= 0.3 is 0 Å². The van der Waals surface area contributed by atoms with E-state index in [0.29, 0.717) is 45.7 Å². The molecule has 0 radical (unpaired) electrons. The Kier molecular flexibility index (Phi) is 12.5. The summed E-state index contributed by atoms with van der Waals surface area (Å²) in [6, 6.07) is 0.516. The summed E-state index contributed by atoms with van der Waals surface area (Å²) in [7, 11) is 0. The van der Waals surface area contributed by atoms with Crippen LogP contribution >= 0.6 is 0 Å². The molecule has 0 bridgehead atoms. The Morgan fingerprint density at radius 2 is 0.780 bits per heavy atom. The Labute approximate surface area is 307 Å². The number of rotatable bonds is 17. The van der Waals surface area contributed by atoms with Gasteiger partial charge in [0.25, 0.3) is 0 Å². The van der Waals surface area contributed by atoms with Crippen molar-refractivity contribution in [1.29, 1.82) is 0 Å². The SMILES string of the molecule is CC1(C)C[C@H]2[C@@H](C1)[C@@H]([C@H](CCO)NCCCCCCCCN[C@@H](CCO)[C@H]1O[C@@H]3CC(C)(C)C[C@@H]3[C@H]3CC(C)(C)C[C@H]31)O[C@@H]1CC(C)(C)C[C@H]21. The van der Waals surface area contributed by atoms with Crippen molar-refractivity contribution in [3.05, 3.63) is 0 Å². The lowest BCUT2D eigenvalue weighted by molar-refractivity contribution is -0.140. The van der Waals surface area contributed by atoms with Gasteiger partial charge in [0, 0.05) is 25.3 Å². The van der Waals surface area contributed by atoms with Crippen LogP contribution in [0.4, 0.5) is 0 Å². The molecule has 0 amide bonds. The van der Waals surface area contributed by atoms with Crippen LogP contribution < -0.4 is 10.6 Å². The summed E-state index contributed by atoms with van der Waals surface area (Å²) in [5.74, 6) is 4.24. The molecular weight excluding hydrogens is 620 g/mol. The first-order valence-corrected chi connectivity index (χ1v) is 21.6. The van der Waals surface area contributed by atoms with Crippen LogP contribution in [-0.4, -0.2) is 73.0 Å². The molecule has 2 heterocycles. The maximum Gasteiger partial charge on any atom is 0.0763 e. The van der Waals surface area contributed by atoms with Gasteiger partial charge < -0.3 is 30.3 Å². The molecule has 4 aliphatic carbocycles. The molecule has 0 spiro atoms. The van der Waals surface area contributed by atoms with Crippen molar-refractivity contribution in [1.82, 2.24) is 10.6 Å². The average molecular weight is 701 g/mol. The van der Waals surface area contributed by atoms with E-state index >= 15 is 0 Å². The fraction of sp³-hybridized carbons (Fsp3) is 1.00. The first-order chi connectivity index (χ1) is 23.6. The predicted octanol–water partition coefficient (Wildman–Crippen LogP) is 8.52. The molecule has 0 aromatic rings. The van der Waals surface area contributed by atoms with Crippen LogP contribution in [0.2, 0.25) is 0 Å². The van der Waals surface area contributed by atoms with Crippen molar-refractivity contribution < 1.29 is 19.7 Å². The minimum atomic E-state index is 0.233. The minimum absolute atomic E-state index is 0.233. The van der Waals surface area contributed by atoms with Crippen LogP contribution in [-0.2, 0) is 9.47 Å². The Balaban J connectivity index is 0.907. The van der Waals surface area contributed by atoms with Gasteiger partial charge in [-0.1, -0.05) is 81.1 Å². The standard InChI is InChI=1S/C44H80N2O4/c1-41(2)21-29-31-23-43(5,6)27-37(31)49-39(33(29)25-41)35(15-19-47)45-17-13-11-9-10-12-14-18-46-36(16-20-48)40-34-26-42(3,4)22-30(34)32-24-44(7,8)28-38(32)50-40/h29-40,45-48H,9-28H2,1-8H3/t29-,30-,31-,32-,33-,34-,35+,36+,37-,38-,39+,40+/m1/s1. The van der Waals surface area contributed by atoms with E-state index in [1.54, 1.807) is 0 Å². The Bertz CT molecular complexity index is 1010. The third-order valence-corrected chi connectivity index (χ3v) is 15.0. The van der Waals surface area contributed by atoms with Crippen LogP contribution in [0.5, 0.6) is 0 Å². The van der Waals surface area contributed by atoms with E-state index in [2.05, 4.69) is 66.0 Å². The van der Waals surface area contributed by atoms with E-state index in [1.807, 2.05) is 0 Å². The summed E-state index contributed by atoms with van der Waals surface area (Å²) < 4.78 is 14.1. The number of ether oxygens (including phenoxy) is 2. The number of nitrogens with one attached hydrogen (secondary N) is 2. The second-order valence-electron chi connectivity index (χ2n) is 21.8. The molecule has 6 heteroatoms. The van der Waals surface area contributed by atoms with Gasteiger partial charge in [-0.05, 0) is 147 Å². The third kappa shape index (κ3) is 9.16. The first kappa shape index (κ1) is 39.5. The van der Waals surface area contributed by atoms with E-state index in [4.69, 9.17) is 9.47 Å². The van der Waals surface area contributed by atoms with Crippen LogP contribution in [0.15, 0.2) is 0 Å².